The number of fused-ring (bicyclic) bond motifs is 1. The summed E-state index contributed by atoms with van der Waals surface area (Å²) in [7, 11) is 0. The highest BCUT2D eigenvalue weighted by Crippen LogP contribution is 2.60. The molecule has 5 nitrogen and oxygen atoms in total. The SMILES string of the molecule is CC(C)(C)c1ccc(Oc2ccc(NC(=O)[C@@H]3[C@H]4C[C@H]5[C@H](OC(=O)[C@@H]53)[C@@H]4Br)cc2)cc1. The Morgan fingerprint density at radius 1 is 1.03 bits per heavy atom. The van der Waals surface area contributed by atoms with Crippen LogP contribution in [0, 0.1) is 23.7 Å². The highest BCUT2D eigenvalue weighted by molar-refractivity contribution is 9.09. The first-order valence-electron chi connectivity index (χ1n) is 10.8. The molecule has 1 saturated heterocycles. The lowest BCUT2D eigenvalue weighted by Gasteiger charge is -2.27. The predicted molar refractivity (Wildman–Crippen MR) is 121 cm³/mol. The van der Waals surface area contributed by atoms with Gasteiger partial charge in [-0.3, -0.25) is 9.59 Å². The molecule has 6 heteroatoms. The maximum Gasteiger partial charge on any atom is 0.310 e. The molecule has 1 aliphatic heterocycles. The van der Waals surface area contributed by atoms with E-state index < -0.39 is 0 Å². The maximum atomic E-state index is 13.0. The molecule has 1 amide bonds. The summed E-state index contributed by atoms with van der Waals surface area (Å²) < 4.78 is 11.4. The molecule has 5 rings (SSSR count). The number of hydrogen-bond acceptors (Lipinski definition) is 4. The van der Waals surface area contributed by atoms with Gasteiger partial charge in [0.2, 0.25) is 5.91 Å². The molecular weight excluding hydrogens is 458 g/mol. The van der Waals surface area contributed by atoms with Gasteiger partial charge in [0.15, 0.2) is 0 Å². The number of benzene rings is 2. The Morgan fingerprint density at radius 2 is 1.65 bits per heavy atom. The standard InChI is InChI=1S/C25H26BrNO4/c1-25(2,3)13-4-8-15(9-5-13)30-16-10-6-14(7-11-16)27-23(28)19-17-12-18-20(19)24(29)31-22(18)21(17)26/h4-11,17-22H,12H2,1-3H3,(H,27,28)/t17-,18-,19-,20+,21-,22+/m1/s1. The Hall–Kier alpha value is -2.34. The second-order valence-corrected chi connectivity index (χ2v) is 10.9. The van der Waals surface area contributed by atoms with Crippen LogP contribution in [0.25, 0.3) is 0 Å². The van der Waals surface area contributed by atoms with Crippen molar-refractivity contribution < 1.29 is 19.1 Å². The molecule has 0 aromatic heterocycles. The summed E-state index contributed by atoms with van der Waals surface area (Å²) in [4.78, 5) is 25.3. The number of hydrogen-bond donors (Lipinski definition) is 1. The third kappa shape index (κ3) is 3.55. The van der Waals surface area contributed by atoms with Crippen molar-refractivity contribution in [2.24, 2.45) is 23.7 Å². The fraction of sp³-hybridized carbons (Fsp3) is 0.440. The van der Waals surface area contributed by atoms with E-state index in [4.69, 9.17) is 9.47 Å². The molecule has 3 fully saturated rings. The van der Waals surface area contributed by atoms with Crippen LogP contribution in [0.1, 0.15) is 32.8 Å². The number of carbonyl (C=O) groups is 2. The quantitative estimate of drug-likeness (QED) is 0.474. The minimum atomic E-state index is -0.335. The van der Waals surface area contributed by atoms with Crippen LogP contribution in [-0.4, -0.2) is 22.8 Å². The van der Waals surface area contributed by atoms with Crippen molar-refractivity contribution in [3.8, 4) is 11.5 Å². The molecule has 0 unspecified atom stereocenters. The Balaban J connectivity index is 1.24. The number of anilines is 1. The monoisotopic (exact) mass is 483 g/mol. The molecule has 2 bridgehead atoms. The molecule has 2 saturated carbocycles. The largest absolute Gasteiger partial charge is 0.461 e. The molecule has 6 atom stereocenters. The molecule has 2 aromatic rings. The first-order chi connectivity index (χ1) is 14.7. The van der Waals surface area contributed by atoms with E-state index in [9.17, 15) is 9.59 Å². The zero-order valence-corrected chi connectivity index (χ0v) is 19.4. The molecule has 0 radical (unpaired) electrons. The fourth-order valence-electron chi connectivity index (χ4n) is 5.32. The second kappa shape index (κ2) is 7.37. The predicted octanol–water partition coefficient (Wildman–Crippen LogP) is 5.29. The average Bonchev–Trinajstić information content (AvgIpc) is 3.33. The van der Waals surface area contributed by atoms with Crippen molar-refractivity contribution in [1.82, 2.24) is 0 Å². The number of esters is 1. The number of amides is 1. The average molecular weight is 484 g/mol. The molecule has 2 aliphatic carbocycles. The van der Waals surface area contributed by atoms with Crippen LogP contribution in [0.2, 0.25) is 0 Å². The van der Waals surface area contributed by atoms with Gasteiger partial charge >= 0.3 is 5.97 Å². The number of rotatable bonds is 4. The molecule has 0 spiro atoms. The minimum absolute atomic E-state index is 0.0661. The van der Waals surface area contributed by atoms with Crippen LogP contribution in [0.4, 0.5) is 5.69 Å². The van der Waals surface area contributed by atoms with E-state index in [1.54, 1.807) is 0 Å². The van der Waals surface area contributed by atoms with Gasteiger partial charge in [0.05, 0.1) is 16.7 Å². The Kier molecular flexibility index (Phi) is 4.88. The van der Waals surface area contributed by atoms with Gasteiger partial charge in [-0.05, 0) is 59.7 Å². The topological polar surface area (TPSA) is 64.6 Å². The third-order valence-electron chi connectivity index (χ3n) is 6.90. The van der Waals surface area contributed by atoms with Crippen molar-refractivity contribution in [3.63, 3.8) is 0 Å². The second-order valence-electron chi connectivity index (χ2n) is 9.85. The summed E-state index contributed by atoms with van der Waals surface area (Å²) in [5.74, 6) is 0.809. The van der Waals surface area contributed by atoms with Crippen LogP contribution in [0.15, 0.2) is 48.5 Å². The van der Waals surface area contributed by atoms with E-state index in [1.807, 2.05) is 36.4 Å². The third-order valence-corrected chi connectivity index (χ3v) is 8.10. The van der Waals surface area contributed by atoms with E-state index in [-0.39, 0.29) is 51.9 Å². The van der Waals surface area contributed by atoms with E-state index in [0.717, 1.165) is 12.2 Å². The van der Waals surface area contributed by atoms with Crippen molar-refractivity contribution in [2.45, 2.75) is 43.5 Å². The van der Waals surface area contributed by atoms with E-state index >= 15 is 0 Å². The summed E-state index contributed by atoms with van der Waals surface area (Å²) >= 11 is 3.65. The smallest absolute Gasteiger partial charge is 0.310 e. The first kappa shape index (κ1) is 20.6. The highest BCUT2D eigenvalue weighted by atomic mass is 79.9. The summed E-state index contributed by atoms with van der Waals surface area (Å²) in [6, 6.07) is 15.4. The number of halogens is 1. The van der Waals surface area contributed by atoms with Gasteiger partial charge in [0.25, 0.3) is 0 Å². The van der Waals surface area contributed by atoms with Crippen molar-refractivity contribution in [2.75, 3.05) is 5.32 Å². The molecule has 162 valence electrons. The fourth-order valence-corrected chi connectivity index (χ4v) is 6.37. The minimum Gasteiger partial charge on any atom is -0.461 e. The Labute approximate surface area is 190 Å². The van der Waals surface area contributed by atoms with Crippen molar-refractivity contribution in [1.29, 1.82) is 0 Å². The van der Waals surface area contributed by atoms with Gasteiger partial charge < -0.3 is 14.8 Å². The number of ether oxygens (including phenoxy) is 2. The van der Waals surface area contributed by atoms with Gasteiger partial charge in [0, 0.05) is 11.6 Å². The van der Waals surface area contributed by atoms with Crippen LogP contribution < -0.4 is 10.1 Å². The van der Waals surface area contributed by atoms with Gasteiger partial charge in [-0.25, -0.2) is 0 Å². The number of carbonyl (C=O) groups excluding carboxylic acids is 2. The Morgan fingerprint density at radius 3 is 2.26 bits per heavy atom. The number of nitrogens with one attached hydrogen (secondary N) is 1. The zero-order chi connectivity index (χ0) is 21.9. The van der Waals surface area contributed by atoms with Gasteiger partial charge in [-0.15, -0.1) is 0 Å². The van der Waals surface area contributed by atoms with Crippen molar-refractivity contribution in [3.05, 3.63) is 54.1 Å². The normalized spacial score (nSPS) is 30.9. The summed E-state index contributed by atoms with van der Waals surface area (Å²) in [5.41, 5.74) is 2.04. The molecule has 1 heterocycles. The summed E-state index contributed by atoms with van der Waals surface area (Å²) in [6.45, 7) is 6.54. The maximum absolute atomic E-state index is 13.0. The number of alkyl halides is 1. The summed E-state index contributed by atoms with van der Waals surface area (Å²) in [6.07, 6.45) is 0.802. The van der Waals surface area contributed by atoms with Crippen molar-refractivity contribution >= 4 is 33.5 Å². The van der Waals surface area contributed by atoms with Crippen LogP contribution in [0.5, 0.6) is 11.5 Å². The van der Waals surface area contributed by atoms with Crippen LogP contribution in [-0.2, 0) is 19.7 Å². The first-order valence-corrected chi connectivity index (χ1v) is 11.7. The lowest BCUT2D eigenvalue weighted by molar-refractivity contribution is -0.145. The van der Waals surface area contributed by atoms with Gasteiger partial charge in [0.1, 0.15) is 17.6 Å². The molecule has 2 aromatic carbocycles. The van der Waals surface area contributed by atoms with E-state index in [2.05, 4.69) is 54.2 Å². The Bertz CT molecular complexity index is 1010. The summed E-state index contributed by atoms with van der Waals surface area (Å²) in [5, 5.41) is 2.98. The van der Waals surface area contributed by atoms with Gasteiger partial charge in [-0.2, -0.15) is 0 Å². The van der Waals surface area contributed by atoms with Crippen LogP contribution >= 0.6 is 15.9 Å². The lowest BCUT2D eigenvalue weighted by Crippen LogP contribution is -2.40. The van der Waals surface area contributed by atoms with Crippen LogP contribution in [0.3, 0.4) is 0 Å². The zero-order valence-electron chi connectivity index (χ0n) is 17.8. The van der Waals surface area contributed by atoms with E-state index in [0.29, 0.717) is 11.4 Å². The van der Waals surface area contributed by atoms with E-state index in [1.165, 1.54) is 5.56 Å². The van der Waals surface area contributed by atoms with Gasteiger partial charge in [-0.1, -0.05) is 48.8 Å². The lowest BCUT2D eigenvalue weighted by atomic mass is 9.79. The molecule has 1 N–H and O–H groups in total. The molecule has 31 heavy (non-hydrogen) atoms. The molecular formula is C25H26BrNO4. The molecule has 3 aliphatic rings. The highest BCUT2D eigenvalue weighted by Gasteiger charge is 2.67.